The van der Waals surface area contributed by atoms with Crippen LogP contribution in [0.5, 0.6) is 0 Å². The summed E-state index contributed by atoms with van der Waals surface area (Å²) in [7, 11) is 0. The van der Waals surface area contributed by atoms with Gasteiger partial charge in [0.2, 0.25) is 0 Å². The first-order chi connectivity index (χ1) is 9.29. The van der Waals surface area contributed by atoms with Gasteiger partial charge in [-0.3, -0.25) is 9.88 Å². The number of aromatic nitrogens is 1. The quantitative estimate of drug-likeness (QED) is 0.612. The fraction of sp³-hybridized carbons (Fsp3) is 0.571. The molecule has 19 heavy (non-hydrogen) atoms. The van der Waals surface area contributed by atoms with Crippen LogP contribution in [0.1, 0.15) is 25.5 Å². The molecule has 0 radical (unpaired) electrons. The molecule has 0 bridgehead atoms. The van der Waals surface area contributed by atoms with Crippen LogP contribution in [-0.2, 0) is 6.54 Å². The van der Waals surface area contributed by atoms with E-state index in [1.54, 1.807) is 6.20 Å². The molecule has 0 unspecified atom stereocenters. The second kappa shape index (κ2) is 7.09. The van der Waals surface area contributed by atoms with Crippen LogP contribution in [-0.4, -0.2) is 41.5 Å². The maximum Gasteiger partial charge on any atom is 0.189 e. The molecule has 0 aromatic carbocycles. The van der Waals surface area contributed by atoms with Gasteiger partial charge in [-0.25, -0.2) is 4.99 Å². The first-order valence-corrected chi connectivity index (χ1v) is 6.97. The topological polar surface area (TPSA) is 66.5 Å². The van der Waals surface area contributed by atoms with Gasteiger partial charge in [0.25, 0.3) is 0 Å². The number of guanidine groups is 1. The van der Waals surface area contributed by atoms with Crippen LogP contribution in [0.3, 0.4) is 0 Å². The van der Waals surface area contributed by atoms with Gasteiger partial charge in [0.15, 0.2) is 5.96 Å². The number of rotatable bonds is 5. The van der Waals surface area contributed by atoms with Crippen LogP contribution >= 0.6 is 0 Å². The average molecular weight is 261 g/mol. The van der Waals surface area contributed by atoms with Crippen molar-refractivity contribution in [2.45, 2.75) is 32.4 Å². The summed E-state index contributed by atoms with van der Waals surface area (Å²) >= 11 is 0. The first-order valence-electron chi connectivity index (χ1n) is 6.97. The van der Waals surface area contributed by atoms with Gasteiger partial charge in [-0.15, -0.1) is 0 Å². The monoisotopic (exact) mass is 261 g/mol. The third-order valence-electron chi connectivity index (χ3n) is 3.56. The van der Waals surface area contributed by atoms with Gasteiger partial charge in [-0.1, -0.05) is 13.0 Å². The summed E-state index contributed by atoms with van der Waals surface area (Å²) in [5.41, 5.74) is 6.81. The standard InChI is InChI=1S/C14H23N5/c1-2-19-9-5-7-13(19)11-18-14(15)17-10-12-6-3-4-8-16-12/h3-4,6,8,13H,2,5,7,9-11H2,1H3,(H3,15,17,18)/t13-/m0/s1. The van der Waals surface area contributed by atoms with Gasteiger partial charge in [0, 0.05) is 18.8 Å². The van der Waals surface area contributed by atoms with Crippen LogP contribution in [0.2, 0.25) is 0 Å². The fourth-order valence-corrected chi connectivity index (χ4v) is 2.48. The summed E-state index contributed by atoms with van der Waals surface area (Å²) < 4.78 is 0. The maximum absolute atomic E-state index is 5.88. The van der Waals surface area contributed by atoms with Gasteiger partial charge in [-0.2, -0.15) is 0 Å². The molecule has 0 saturated carbocycles. The smallest absolute Gasteiger partial charge is 0.189 e. The maximum atomic E-state index is 5.88. The number of hydrogen-bond donors (Lipinski definition) is 2. The second-order valence-corrected chi connectivity index (χ2v) is 4.83. The SMILES string of the molecule is CCN1CCC[C@H]1CNC(N)=NCc1ccccn1. The van der Waals surface area contributed by atoms with Gasteiger partial charge < -0.3 is 11.1 Å². The van der Waals surface area contributed by atoms with E-state index in [0.29, 0.717) is 18.5 Å². The van der Waals surface area contributed by atoms with E-state index in [2.05, 4.69) is 27.1 Å². The summed E-state index contributed by atoms with van der Waals surface area (Å²) in [6.45, 7) is 5.93. The molecule has 5 nitrogen and oxygen atoms in total. The molecule has 5 heteroatoms. The molecule has 1 aliphatic heterocycles. The van der Waals surface area contributed by atoms with Crippen LogP contribution in [0.25, 0.3) is 0 Å². The Morgan fingerprint density at radius 3 is 3.21 bits per heavy atom. The Bertz CT molecular complexity index is 404. The largest absolute Gasteiger partial charge is 0.370 e. The van der Waals surface area contributed by atoms with Gasteiger partial charge >= 0.3 is 0 Å². The molecule has 2 rings (SSSR count). The Balaban J connectivity index is 1.76. The predicted octanol–water partition coefficient (Wildman–Crippen LogP) is 0.970. The van der Waals surface area contributed by atoms with Crippen molar-refractivity contribution in [1.29, 1.82) is 0 Å². The Morgan fingerprint density at radius 1 is 1.58 bits per heavy atom. The lowest BCUT2D eigenvalue weighted by Crippen LogP contribution is -2.42. The number of nitrogens with two attached hydrogens (primary N) is 1. The molecule has 1 aromatic heterocycles. The fourth-order valence-electron chi connectivity index (χ4n) is 2.48. The van der Waals surface area contributed by atoms with Crippen molar-refractivity contribution in [1.82, 2.24) is 15.2 Å². The van der Waals surface area contributed by atoms with E-state index < -0.39 is 0 Å². The number of aliphatic imine (C=N–C) groups is 1. The number of likely N-dealkylation sites (tertiary alicyclic amines) is 1. The minimum Gasteiger partial charge on any atom is -0.370 e. The van der Waals surface area contributed by atoms with Gasteiger partial charge in [0.1, 0.15) is 0 Å². The third kappa shape index (κ3) is 4.21. The molecule has 0 aliphatic carbocycles. The summed E-state index contributed by atoms with van der Waals surface area (Å²) in [6, 6.07) is 6.40. The zero-order valence-corrected chi connectivity index (χ0v) is 11.5. The van der Waals surface area contributed by atoms with Crippen molar-refractivity contribution in [2.75, 3.05) is 19.6 Å². The second-order valence-electron chi connectivity index (χ2n) is 4.83. The lowest BCUT2D eigenvalue weighted by Gasteiger charge is -2.23. The van der Waals surface area contributed by atoms with E-state index in [9.17, 15) is 0 Å². The predicted molar refractivity (Wildman–Crippen MR) is 77.8 cm³/mol. The molecule has 3 N–H and O–H groups in total. The first kappa shape index (κ1) is 13.8. The zero-order valence-electron chi connectivity index (χ0n) is 11.5. The summed E-state index contributed by atoms with van der Waals surface area (Å²) in [5.74, 6) is 0.508. The highest BCUT2D eigenvalue weighted by Crippen LogP contribution is 2.15. The van der Waals surface area contributed by atoms with Crippen molar-refractivity contribution in [2.24, 2.45) is 10.7 Å². The van der Waals surface area contributed by atoms with Crippen molar-refractivity contribution in [3.05, 3.63) is 30.1 Å². The van der Waals surface area contributed by atoms with Crippen molar-refractivity contribution in [3.8, 4) is 0 Å². The van der Waals surface area contributed by atoms with E-state index in [1.165, 1.54) is 19.4 Å². The Morgan fingerprint density at radius 2 is 2.47 bits per heavy atom. The Hall–Kier alpha value is -1.62. The summed E-state index contributed by atoms with van der Waals surface area (Å²) in [5, 5.41) is 3.22. The summed E-state index contributed by atoms with van der Waals surface area (Å²) in [4.78, 5) is 11.0. The molecule has 2 heterocycles. The highest BCUT2D eigenvalue weighted by Gasteiger charge is 2.22. The average Bonchev–Trinajstić information content (AvgIpc) is 2.91. The third-order valence-corrected chi connectivity index (χ3v) is 3.56. The molecular formula is C14H23N5. The molecule has 0 amide bonds. The van der Waals surface area contributed by atoms with E-state index in [0.717, 1.165) is 18.8 Å². The minimum absolute atomic E-state index is 0.508. The van der Waals surface area contributed by atoms with Gasteiger partial charge in [-0.05, 0) is 38.1 Å². The molecule has 104 valence electrons. The zero-order chi connectivity index (χ0) is 13.5. The Labute approximate surface area is 114 Å². The summed E-state index contributed by atoms with van der Waals surface area (Å²) in [6.07, 6.45) is 4.30. The van der Waals surface area contributed by atoms with Crippen molar-refractivity contribution >= 4 is 5.96 Å². The van der Waals surface area contributed by atoms with E-state index in [-0.39, 0.29) is 0 Å². The molecule has 1 atom stereocenters. The minimum atomic E-state index is 0.508. The van der Waals surface area contributed by atoms with Crippen LogP contribution in [0.15, 0.2) is 29.4 Å². The number of nitrogens with zero attached hydrogens (tertiary/aromatic N) is 3. The lowest BCUT2D eigenvalue weighted by molar-refractivity contribution is 0.267. The molecule has 1 aromatic rings. The van der Waals surface area contributed by atoms with Crippen LogP contribution < -0.4 is 11.1 Å². The number of pyridine rings is 1. The lowest BCUT2D eigenvalue weighted by atomic mass is 10.2. The molecule has 1 saturated heterocycles. The number of likely N-dealkylation sites (N-methyl/N-ethyl adjacent to an activating group) is 1. The van der Waals surface area contributed by atoms with Crippen LogP contribution in [0.4, 0.5) is 0 Å². The van der Waals surface area contributed by atoms with Crippen molar-refractivity contribution < 1.29 is 0 Å². The van der Waals surface area contributed by atoms with E-state index in [1.807, 2.05) is 18.2 Å². The van der Waals surface area contributed by atoms with E-state index >= 15 is 0 Å². The normalized spacial score (nSPS) is 20.7. The highest BCUT2D eigenvalue weighted by molar-refractivity contribution is 5.77. The number of nitrogens with one attached hydrogen (secondary N) is 1. The van der Waals surface area contributed by atoms with Crippen molar-refractivity contribution in [3.63, 3.8) is 0 Å². The molecule has 0 spiro atoms. The molecular weight excluding hydrogens is 238 g/mol. The van der Waals surface area contributed by atoms with Crippen LogP contribution in [0, 0.1) is 0 Å². The van der Waals surface area contributed by atoms with E-state index in [4.69, 9.17) is 5.73 Å². The Kier molecular flexibility index (Phi) is 5.15. The van der Waals surface area contributed by atoms with Gasteiger partial charge in [0.05, 0.1) is 12.2 Å². The molecule has 1 aliphatic rings. The number of hydrogen-bond acceptors (Lipinski definition) is 3. The molecule has 1 fully saturated rings. The highest BCUT2D eigenvalue weighted by atomic mass is 15.2.